The van der Waals surface area contributed by atoms with Gasteiger partial charge in [-0.1, -0.05) is 6.07 Å². The van der Waals surface area contributed by atoms with Gasteiger partial charge in [0, 0.05) is 18.8 Å². The lowest BCUT2D eigenvalue weighted by Gasteiger charge is -2.19. The lowest BCUT2D eigenvalue weighted by atomic mass is 10.1. The van der Waals surface area contributed by atoms with Gasteiger partial charge in [0.2, 0.25) is 0 Å². The molecule has 2 aromatic carbocycles. The maximum atomic E-state index is 12.7. The molecule has 0 aromatic heterocycles. The van der Waals surface area contributed by atoms with Gasteiger partial charge in [-0.05, 0) is 81.6 Å². The van der Waals surface area contributed by atoms with E-state index < -0.39 is 10.0 Å². The van der Waals surface area contributed by atoms with E-state index in [4.69, 9.17) is 4.74 Å². The van der Waals surface area contributed by atoms with Gasteiger partial charge >= 0.3 is 0 Å². The number of nitrogens with one attached hydrogen (secondary N) is 1. The highest BCUT2D eigenvalue weighted by Gasteiger charge is 2.17. The third-order valence-corrected chi connectivity index (χ3v) is 6.06. The Balaban J connectivity index is 2.13. The minimum absolute atomic E-state index is 0.0739. The van der Waals surface area contributed by atoms with Crippen LogP contribution in [0.25, 0.3) is 0 Å². The fourth-order valence-corrected chi connectivity index (χ4v) is 3.91. The summed E-state index contributed by atoms with van der Waals surface area (Å²) in [4.78, 5) is 13.9. The van der Waals surface area contributed by atoms with E-state index in [9.17, 15) is 13.2 Å². The van der Waals surface area contributed by atoms with Gasteiger partial charge in [0.25, 0.3) is 15.9 Å². The summed E-state index contributed by atoms with van der Waals surface area (Å²) in [7, 11) is -3.72. The van der Waals surface area contributed by atoms with Gasteiger partial charge in [0.05, 0.1) is 4.90 Å². The summed E-state index contributed by atoms with van der Waals surface area (Å²) in [5.74, 6) is 0.392. The van der Waals surface area contributed by atoms with Crippen LogP contribution in [0.15, 0.2) is 41.3 Å². The predicted molar refractivity (Wildman–Crippen MR) is 111 cm³/mol. The Labute approximate surface area is 167 Å². The van der Waals surface area contributed by atoms with E-state index in [0.717, 1.165) is 11.1 Å². The first-order valence-electron chi connectivity index (χ1n) is 9.29. The Morgan fingerprint density at radius 2 is 1.64 bits per heavy atom. The maximum Gasteiger partial charge on any atom is 0.261 e. The molecule has 0 aliphatic heterocycles. The number of rotatable bonds is 8. The number of nitrogens with zero attached hydrogens (tertiary/aromatic N) is 1. The van der Waals surface area contributed by atoms with Gasteiger partial charge in [-0.25, -0.2) is 8.42 Å². The molecule has 1 amide bonds. The standard InChI is InChI=1S/C21H28N2O4S/c1-6-23(7-2)21(24)14-27-20-11-10-19(13-17(20)5)28(25,26)22-18-9-8-15(3)16(4)12-18/h8-13,22H,6-7,14H2,1-5H3. The van der Waals surface area contributed by atoms with Gasteiger partial charge in [-0.2, -0.15) is 0 Å². The summed E-state index contributed by atoms with van der Waals surface area (Å²) in [6, 6.07) is 10.0. The molecule has 0 atom stereocenters. The maximum absolute atomic E-state index is 12.7. The summed E-state index contributed by atoms with van der Waals surface area (Å²) in [5, 5.41) is 0. The molecular weight excluding hydrogens is 376 g/mol. The van der Waals surface area contributed by atoms with Gasteiger partial charge < -0.3 is 9.64 Å². The number of anilines is 1. The van der Waals surface area contributed by atoms with E-state index in [2.05, 4.69) is 4.72 Å². The van der Waals surface area contributed by atoms with Crippen LogP contribution in [0.1, 0.15) is 30.5 Å². The molecule has 0 fully saturated rings. The van der Waals surface area contributed by atoms with Crippen molar-refractivity contribution >= 4 is 21.6 Å². The zero-order valence-electron chi connectivity index (χ0n) is 17.1. The Hall–Kier alpha value is -2.54. The second-order valence-corrected chi connectivity index (χ2v) is 8.37. The molecule has 0 saturated carbocycles. The molecule has 0 spiro atoms. The molecule has 2 rings (SSSR count). The number of carbonyl (C=O) groups is 1. The molecule has 0 heterocycles. The highest BCUT2D eigenvalue weighted by molar-refractivity contribution is 7.92. The first-order chi connectivity index (χ1) is 13.2. The van der Waals surface area contributed by atoms with Crippen molar-refractivity contribution in [2.24, 2.45) is 0 Å². The SMILES string of the molecule is CCN(CC)C(=O)COc1ccc(S(=O)(=O)Nc2ccc(C)c(C)c2)cc1C. The van der Waals surface area contributed by atoms with Crippen LogP contribution in [-0.2, 0) is 14.8 Å². The second-order valence-electron chi connectivity index (χ2n) is 6.69. The lowest BCUT2D eigenvalue weighted by molar-refractivity contribution is -0.132. The Morgan fingerprint density at radius 3 is 2.21 bits per heavy atom. The number of benzene rings is 2. The molecule has 152 valence electrons. The van der Waals surface area contributed by atoms with E-state index in [1.165, 1.54) is 6.07 Å². The highest BCUT2D eigenvalue weighted by atomic mass is 32.2. The van der Waals surface area contributed by atoms with E-state index in [-0.39, 0.29) is 17.4 Å². The predicted octanol–water partition coefficient (Wildman–Crippen LogP) is 3.66. The third-order valence-electron chi connectivity index (χ3n) is 4.68. The molecule has 0 aliphatic rings. The first kappa shape index (κ1) is 21.8. The average Bonchev–Trinajstić information content (AvgIpc) is 2.64. The summed E-state index contributed by atoms with van der Waals surface area (Å²) in [5.41, 5.74) is 3.28. The van der Waals surface area contributed by atoms with Gasteiger partial charge in [0.1, 0.15) is 5.75 Å². The number of amides is 1. The topological polar surface area (TPSA) is 75.7 Å². The first-order valence-corrected chi connectivity index (χ1v) is 10.8. The number of carbonyl (C=O) groups excluding carboxylic acids is 1. The van der Waals surface area contributed by atoms with Crippen molar-refractivity contribution in [3.8, 4) is 5.75 Å². The van der Waals surface area contributed by atoms with Crippen LogP contribution < -0.4 is 9.46 Å². The van der Waals surface area contributed by atoms with E-state index in [0.29, 0.717) is 30.1 Å². The number of aryl methyl sites for hydroxylation is 3. The monoisotopic (exact) mass is 404 g/mol. The Bertz CT molecular complexity index is 951. The van der Waals surface area contributed by atoms with Crippen molar-refractivity contribution in [1.29, 1.82) is 0 Å². The molecule has 2 aromatic rings. The van der Waals surface area contributed by atoms with Crippen molar-refractivity contribution in [3.63, 3.8) is 0 Å². The van der Waals surface area contributed by atoms with Crippen molar-refractivity contribution in [2.45, 2.75) is 39.5 Å². The second kappa shape index (κ2) is 9.10. The third kappa shape index (κ3) is 5.25. The normalized spacial score (nSPS) is 11.2. The minimum atomic E-state index is -3.72. The number of sulfonamides is 1. The zero-order chi connectivity index (χ0) is 20.9. The van der Waals surface area contributed by atoms with Crippen LogP contribution in [-0.4, -0.2) is 38.9 Å². The van der Waals surface area contributed by atoms with Gasteiger partial charge in [-0.15, -0.1) is 0 Å². The van der Waals surface area contributed by atoms with Crippen molar-refractivity contribution in [3.05, 3.63) is 53.1 Å². The Kier molecular flexibility index (Phi) is 7.07. The van der Waals surface area contributed by atoms with Crippen molar-refractivity contribution in [1.82, 2.24) is 4.90 Å². The zero-order valence-corrected chi connectivity index (χ0v) is 17.9. The summed E-state index contributed by atoms with van der Waals surface area (Å²) in [6.45, 7) is 10.7. The fourth-order valence-electron chi connectivity index (χ4n) is 2.78. The average molecular weight is 405 g/mol. The van der Waals surface area contributed by atoms with Crippen molar-refractivity contribution in [2.75, 3.05) is 24.4 Å². The van der Waals surface area contributed by atoms with Crippen LogP contribution in [0.5, 0.6) is 5.75 Å². The number of likely N-dealkylation sites (N-methyl/N-ethyl adjacent to an activating group) is 1. The summed E-state index contributed by atoms with van der Waals surface area (Å²) in [6.07, 6.45) is 0. The van der Waals surface area contributed by atoms with E-state index in [1.807, 2.05) is 33.8 Å². The van der Waals surface area contributed by atoms with Crippen LogP contribution in [0.2, 0.25) is 0 Å². The smallest absolute Gasteiger partial charge is 0.261 e. The molecule has 0 bridgehead atoms. The summed E-state index contributed by atoms with van der Waals surface area (Å²) >= 11 is 0. The molecule has 28 heavy (non-hydrogen) atoms. The van der Waals surface area contributed by atoms with Gasteiger partial charge in [-0.3, -0.25) is 9.52 Å². The quantitative estimate of drug-likeness (QED) is 0.728. The molecule has 7 heteroatoms. The molecular formula is C21H28N2O4S. The Morgan fingerprint density at radius 1 is 0.964 bits per heavy atom. The highest BCUT2D eigenvalue weighted by Crippen LogP contribution is 2.24. The molecule has 0 aliphatic carbocycles. The van der Waals surface area contributed by atoms with E-state index in [1.54, 1.807) is 36.1 Å². The lowest BCUT2D eigenvalue weighted by Crippen LogP contribution is -2.34. The molecule has 0 radical (unpaired) electrons. The van der Waals surface area contributed by atoms with Crippen LogP contribution in [0.4, 0.5) is 5.69 Å². The van der Waals surface area contributed by atoms with E-state index >= 15 is 0 Å². The molecule has 0 unspecified atom stereocenters. The summed E-state index contributed by atoms with van der Waals surface area (Å²) < 4.78 is 33.6. The number of ether oxygens (including phenoxy) is 1. The van der Waals surface area contributed by atoms with Crippen molar-refractivity contribution < 1.29 is 17.9 Å². The number of hydrogen-bond acceptors (Lipinski definition) is 4. The van der Waals surface area contributed by atoms with Gasteiger partial charge in [0.15, 0.2) is 6.61 Å². The number of hydrogen-bond donors (Lipinski definition) is 1. The van der Waals surface area contributed by atoms with Crippen LogP contribution in [0.3, 0.4) is 0 Å². The minimum Gasteiger partial charge on any atom is -0.483 e. The molecule has 0 saturated heterocycles. The largest absolute Gasteiger partial charge is 0.483 e. The fraction of sp³-hybridized carbons (Fsp3) is 0.381. The van der Waals surface area contributed by atoms with Crippen LogP contribution in [0, 0.1) is 20.8 Å². The molecule has 1 N–H and O–H groups in total. The molecule has 6 nitrogen and oxygen atoms in total. The van der Waals surface area contributed by atoms with Crippen LogP contribution >= 0.6 is 0 Å².